The molecule has 0 radical (unpaired) electrons. The maximum absolute atomic E-state index is 12.6. The summed E-state index contributed by atoms with van der Waals surface area (Å²) in [6.45, 7) is 8.47. The van der Waals surface area contributed by atoms with Crippen molar-refractivity contribution < 1.29 is 9.53 Å². The molecule has 3 heterocycles. The predicted molar refractivity (Wildman–Crippen MR) is 138 cm³/mol. The van der Waals surface area contributed by atoms with Crippen LogP contribution in [0, 0.1) is 0 Å². The van der Waals surface area contributed by atoms with Crippen LogP contribution in [0.4, 0.5) is 4.79 Å². The zero-order valence-electron chi connectivity index (χ0n) is 21.0. The van der Waals surface area contributed by atoms with Gasteiger partial charge in [-0.25, -0.2) is 14.2 Å². The lowest BCUT2D eigenvalue weighted by Gasteiger charge is -2.40. The van der Waals surface area contributed by atoms with Gasteiger partial charge in [-0.05, 0) is 68.3 Å². The fourth-order valence-electron chi connectivity index (χ4n) is 4.57. The number of piperazine rings is 1. The molecule has 0 atom stereocenters. The molecule has 0 bridgehead atoms. The van der Waals surface area contributed by atoms with Crippen LogP contribution >= 0.6 is 0 Å². The van der Waals surface area contributed by atoms with Gasteiger partial charge in [0, 0.05) is 51.0 Å². The lowest BCUT2D eigenvalue weighted by molar-refractivity contribution is 0.0119. The number of hydrogen-bond donors (Lipinski definition) is 0. The van der Waals surface area contributed by atoms with Crippen LogP contribution in [-0.4, -0.2) is 67.2 Å². The number of rotatable bonds is 5. The minimum absolute atomic E-state index is 0.0594. The molecule has 0 spiro atoms. The summed E-state index contributed by atoms with van der Waals surface area (Å²) in [5.41, 5.74) is 3.94. The second-order valence-corrected chi connectivity index (χ2v) is 9.99. The van der Waals surface area contributed by atoms with Crippen molar-refractivity contribution in [2.75, 3.05) is 26.2 Å². The van der Waals surface area contributed by atoms with Crippen LogP contribution in [0.1, 0.15) is 37.9 Å². The van der Waals surface area contributed by atoms with Crippen molar-refractivity contribution in [2.24, 2.45) is 0 Å². The highest BCUT2D eigenvalue weighted by Gasteiger charge is 2.30. The Hall–Kier alpha value is -3.91. The minimum atomic E-state index is -0.497. The van der Waals surface area contributed by atoms with E-state index in [-0.39, 0.29) is 12.1 Å². The van der Waals surface area contributed by atoms with Crippen LogP contribution in [0.5, 0.6) is 0 Å². The first-order valence-corrected chi connectivity index (χ1v) is 12.3. The average Bonchev–Trinajstić information content (AvgIpc) is 3.60. The fraction of sp³-hybridized carbons (Fsp3) is 0.321. The van der Waals surface area contributed by atoms with Gasteiger partial charge in [0.15, 0.2) is 0 Å². The normalized spacial score (nSPS) is 14.8. The van der Waals surface area contributed by atoms with E-state index in [1.165, 1.54) is 11.1 Å². The Morgan fingerprint density at radius 2 is 1.25 bits per heavy atom. The highest BCUT2D eigenvalue weighted by atomic mass is 16.6. The summed E-state index contributed by atoms with van der Waals surface area (Å²) in [4.78, 5) is 16.8. The monoisotopic (exact) mass is 484 g/mol. The van der Waals surface area contributed by atoms with Crippen LogP contribution in [-0.2, 0) is 4.74 Å². The molecule has 36 heavy (non-hydrogen) atoms. The second-order valence-electron chi connectivity index (χ2n) is 9.99. The molecule has 0 unspecified atom stereocenters. The lowest BCUT2D eigenvalue weighted by atomic mass is 9.96. The third-order valence-corrected chi connectivity index (χ3v) is 6.29. The van der Waals surface area contributed by atoms with Crippen LogP contribution in [0.3, 0.4) is 0 Å². The van der Waals surface area contributed by atoms with E-state index in [0.29, 0.717) is 13.1 Å². The Labute approximate surface area is 211 Å². The number of amides is 1. The molecule has 0 aliphatic carbocycles. The van der Waals surface area contributed by atoms with E-state index < -0.39 is 5.60 Å². The van der Waals surface area contributed by atoms with Crippen molar-refractivity contribution in [3.63, 3.8) is 0 Å². The first kappa shape index (κ1) is 23.8. The van der Waals surface area contributed by atoms with Crippen molar-refractivity contribution in [1.29, 1.82) is 0 Å². The first-order valence-electron chi connectivity index (χ1n) is 12.3. The third-order valence-electron chi connectivity index (χ3n) is 6.29. The van der Waals surface area contributed by atoms with Gasteiger partial charge in [-0.1, -0.05) is 24.3 Å². The molecule has 1 amide bonds. The van der Waals surface area contributed by atoms with E-state index in [9.17, 15) is 4.79 Å². The molecule has 1 aliphatic rings. The Morgan fingerprint density at radius 1 is 0.778 bits per heavy atom. The average molecular weight is 485 g/mol. The molecule has 2 aromatic carbocycles. The molecular weight excluding hydrogens is 452 g/mol. The summed E-state index contributed by atoms with van der Waals surface area (Å²) in [6, 6.07) is 21.0. The quantitative estimate of drug-likeness (QED) is 0.411. The molecule has 0 N–H and O–H groups in total. The van der Waals surface area contributed by atoms with Gasteiger partial charge in [0.05, 0.1) is 17.4 Å². The maximum atomic E-state index is 12.6. The lowest BCUT2D eigenvalue weighted by Crippen LogP contribution is -2.51. The molecule has 4 aromatic rings. The standard InChI is InChI=1S/C28H32N6O2/c1-28(2,3)36-27(35)32-20-18-31(19-21-32)26(22-6-10-24(11-7-22)33-16-4-14-29-33)23-8-12-25(13-9-23)34-17-5-15-30-34/h4-17,26H,18-21H2,1-3H3. The highest BCUT2D eigenvalue weighted by molar-refractivity contribution is 5.68. The maximum Gasteiger partial charge on any atom is 0.410 e. The summed E-state index contributed by atoms with van der Waals surface area (Å²) in [6.07, 6.45) is 7.20. The predicted octanol–water partition coefficient (Wildman–Crippen LogP) is 4.70. The molecule has 1 aliphatic heterocycles. The van der Waals surface area contributed by atoms with Crippen molar-refractivity contribution in [1.82, 2.24) is 29.4 Å². The van der Waals surface area contributed by atoms with Gasteiger partial charge in [-0.2, -0.15) is 10.2 Å². The summed E-state index contributed by atoms with van der Waals surface area (Å²) in [7, 11) is 0. The number of carbonyl (C=O) groups excluding carboxylic acids is 1. The van der Waals surface area contributed by atoms with E-state index in [4.69, 9.17) is 4.74 Å². The van der Waals surface area contributed by atoms with Crippen molar-refractivity contribution in [3.8, 4) is 11.4 Å². The van der Waals surface area contributed by atoms with Gasteiger partial charge in [0.1, 0.15) is 5.60 Å². The Balaban J connectivity index is 1.39. The van der Waals surface area contributed by atoms with Gasteiger partial charge < -0.3 is 9.64 Å². The Bertz CT molecular complexity index is 1170. The van der Waals surface area contributed by atoms with Gasteiger partial charge in [-0.15, -0.1) is 0 Å². The van der Waals surface area contributed by atoms with Gasteiger partial charge in [0.2, 0.25) is 0 Å². The van der Waals surface area contributed by atoms with Crippen molar-refractivity contribution in [2.45, 2.75) is 32.4 Å². The molecular formula is C28H32N6O2. The summed E-state index contributed by atoms with van der Waals surface area (Å²) >= 11 is 0. The molecule has 1 fully saturated rings. The zero-order chi connectivity index (χ0) is 25.1. The van der Waals surface area contributed by atoms with Gasteiger partial charge >= 0.3 is 6.09 Å². The third kappa shape index (κ3) is 5.33. The molecule has 186 valence electrons. The Kier molecular flexibility index (Phi) is 6.61. The molecule has 5 rings (SSSR count). The van der Waals surface area contributed by atoms with Crippen LogP contribution in [0.2, 0.25) is 0 Å². The number of carbonyl (C=O) groups is 1. The van der Waals surface area contributed by atoms with Crippen LogP contribution in [0.25, 0.3) is 11.4 Å². The van der Waals surface area contributed by atoms with E-state index in [0.717, 1.165) is 24.5 Å². The van der Waals surface area contributed by atoms with E-state index in [2.05, 4.69) is 63.6 Å². The van der Waals surface area contributed by atoms with Crippen molar-refractivity contribution >= 4 is 6.09 Å². The molecule has 8 nitrogen and oxygen atoms in total. The number of nitrogens with zero attached hydrogens (tertiary/aromatic N) is 6. The number of benzene rings is 2. The van der Waals surface area contributed by atoms with Crippen LogP contribution in [0.15, 0.2) is 85.5 Å². The summed E-state index contributed by atoms with van der Waals surface area (Å²) in [5.74, 6) is 0. The first-order chi connectivity index (χ1) is 17.4. The smallest absolute Gasteiger partial charge is 0.410 e. The van der Waals surface area contributed by atoms with Crippen molar-refractivity contribution in [3.05, 3.63) is 96.6 Å². The SMILES string of the molecule is CC(C)(C)OC(=O)N1CCN(C(c2ccc(-n3cccn3)cc2)c2ccc(-n3cccn3)cc2)CC1. The molecule has 8 heteroatoms. The van der Waals surface area contributed by atoms with E-state index in [1.54, 1.807) is 17.3 Å². The second kappa shape index (κ2) is 9.99. The number of ether oxygens (including phenoxy) is 1. The zero-order valence-corrected chi connectivity index (χ0v) is 21.0. The molecule has 1 saturated heterocycles. The van der Waals surface area contributed by atoms with Gasteiger partial charge in [-0.3, -0.25) is 4.90 Å². The molecule has 2 aromatic heterocycles. The topological polar surface area (TPSA) is 68.4 Å². The largest absolute Gasteiger partial charge is 0.444 e. The molecule has 0 saturated carbocycles. The fourth-order valence-corrected chi connectivity index (χ4v) is 4.57. The van der Waals surface area contributed by atoms with Gasteiger partial charge in [0.25, 0.3) is 0 Å². The van der Waals surface area contributed by atoms with E-state index >= 15 is 0 Å². The summed E-state index contributed by atoms with van der Waals surface area (Å²) < 4.78 is 9.31. The minimum Gasteiger partial charge on any atom is -0.444 e. The highest BCUT2D eigenvalue weighted by Crippen LogP contribution is 2.31. The van der Waals surface area contributed by atoms with E-state index in [1.807, 2.05) is 54.7 Å². The summed E-state index contributed by atoms with van der Waals surface area (Å²) in [5, 5.41) is 8.68. The number of aromatic nitrogens is 4. The van der Waals surface area contributed by atoms with Crippen LogP contribution < -0.4 is 0 Å². The number of hydrogen-bond acceptors (Lipinski definition) is 5. The Morgan fingerprint density at radius 3 is 1.64 bits per heavy atom.